The minimum absolute atomic E-state index is 1.14. The summed E-state index contributed by atoms with van der Waals surface area (Å²) in [6.07, 6.45) is 2.45. The van der Waals surface area contributed by atoms with E-state index in [1.165, 1.54) is 28.6 Å². The van der Waals surface area contributed by atoms with Crippen molar-refractivity contribution in [3.8, 4) is 0 Å². The van der Waals surface area contributed by atoms with Gasteiger partial charge in [-0.2, -0.15) is 0 Å². The van der Waals surface area contributed by atoms with Crippen LogP contribution < -0.4 is 10.2 Å². The van der Waals surface area contributed by atoms with Crippen LogP contribution in [-0.4, -0.2) is 26.2 Å². The zero-order valence-electron chi connectivity index (χ0n) is 9.80. The van der Waals surface area contributed by atoms with Crippen LogP contribution in [-0.2, 0) is 0 Å². The molecule has 0 amide bonds. The van der Waals surface area contributed by atoms with E-state index < -0.39 is 0 Å². The lowest BCUT2D eigenvalue weighted by Crippen LogP contribution is -2.34. The highest BCUT2D eigenvalue weighted by atomic mass is 79.9. The fraction of sp³-hybridized carbons (Fsp3) is 0.538. The molecule has 0 radical (unpaired) electrons. The van der Waals surface area contributed by atoms with Crippen molar-refractivity contribution in [1.29, 1.82) is 0 Å². The fourth-order valence-electron chi connectivity index (χ4n) is 2.14. The molecule has 0 unspecified atom stereocenters. The van der Waals surface area contributed by atoms with Crippen LogP contribution in [0.3, 0.4) is 0 Å². The molecule has 2 nitrogen and oxygen atoms in total. The minimum atomic E-state index is 1.14. The minimum Gasteiger partial charge on any atom is -0.371 e. The van der Waals surface area contributed by atoms with Gasteiger partial charge in [-0.3, -0.25) is 0 Å². The molecule has 1 fully saturated rings. The fourth-order valence-corrected chi connectivity index (χ4v) is 2.88. The number of hydrogen-bond acceptors (Lipinski definition) is 2. The van der Waals surface area contributed by atoms with Gasteiger partial charge in [0.25, 0.3) is 0 Å². The molecule has 0 atom stereocenters. The average molecular weight is 283 g/mol. The van der Waals surface area contributed by atoms with Gasteiger partial charge < -0.3 is 10.2 Å². The first-order chi connectivity index (χ1) is 7.77. The molecule has 1 aliphatic heterocycles. The van der Waals surface area contributed by atoms with Gasteiger partial charge in [-0.15, -0.1) is 0 Å². The summed E-state index contributed by atoms with van der Waals surface area (Å²) in [6, 6.07) is 6.62. The van der Waals surface area contributed by atoms with Gasteiger partial charge in [-0.05, 0) is 66.5 Å². The summed E-state index contributed by atoms with van der Waals surface area (Å²) in [5.41, 5.74) is 2.65. The first kappa shape index (κ1) is 11.9. The third-order valence-electron chi connectivity index (χ3n) is 3.01. The van der Waals surface area contributed by atoms with Crippen LogP contribution in [0.4, 0.5) is 5.69 Å². The Hall–Kier alpha value is -0.540. The molecular formula is C13H19BrN2. The second-order valence-electron chi connectivity index (χ2n) is 4.40. The van der Waals surface area contributed by atoms with Crippen molar-refractivity contribution in [2.75, 3.05) is 31.1 Å². The predicted octanol–water partition coefficient (Wildman–Crippen LogP) is 2.95. The molecule has 0 saturated carbocycles. The van der Waals surface area contributed by atoms with E-state index in [4.69, 9.17) is 0 Å². The first-order valence-electron chi connectivity index (χ1n) is 5.99. The molecule has 0 spiro atoms. The number of halogens is 1. The molecular weight excluding hydrogens is 264 g/mol. The van der Waals surface area contributed by atoms with Gasteiger partial charge in [0.2, 0.25) is 0 Å². The summed E-state index contributed by atoms with van der Waals surface area (Å²) in [5.74, 6) is 0. The molecule has 1 aliphatic rings. The van der Waals surface area contributed by atoms with Gasteiger partial charge in [0, 0.05) is 17.6 Å². The van der Waals surface area contributed by atoms with Crippen molar-refractivity contribution in [2.24, 2.45) is 0 Å². The second kappa shape index (κ2) is 5.69. The van der Waals surface area contributed by atoms with E-state index in [0.717, 1.165) is 26.2 Å². The quantitative estimate of drug-likeness (QED) is 0.852. The summed E-state index contributed by atoms with van der Waals surface area (Å²) in [4.78, 5) is 2.49. The van der Waals surface area contributed by atoms with Crippen LogP contribution in [0.25, 0.3) is 0 Å². The van der Waals surface area contributed by atoms with Crippen LogP contribution in [0.15, 0.2) is 22.7 Å². The topological polar surface area (TPSA) is 15.3 Å². The van der Waals surface area contributed by atoms with Crippen LogP contribution in [0.1, 0.15) is 18.4 Å². The number of benzene rings is 1. The summed E-state index contributed by atoms with van der Waals surface area (Å²) < 4.78 is 1.22. The van der Waals surface area contributed by atoms with E-state index in [-0.39, 0.29) is 0 Å². The molecule has 0 aliphatic carbocycles. The van der Waals surface area contributed by atoms with Gasteiger partial charge in [-0.1, -0.05) is 6.07 Å². The molecule has 1 aromatic carbocycles. The molecule has 0 bridgehead atoms. The van der Waals surface area contributed by atoms with Gasteiger partial charge in [0.15, 0.2) is 0 Å². The summed E-state index contributed by atoms with van der Waals surface area (Å²) >= 11 is 3.67. The lowest BCUT2D eigenvalue weighted by molar-refractivity contribution is 0.567. The molecule has 1 N–H and O–H groups in total. The number of nitrogens with zero attached hydrogens (tertiary/aromatic N) is 1. The summed E-state index contributed by atoms with van der Waals surface area (Å²) in [5, 5.41) is 3.44. The van der Waals surface area contributed by atoms with Gasteiger partial charge in [0.05, 0.1) is 5.69 Å². The van der Waals surface area contributed by atoms with Crippen molar-refractivity contribution in [2.45, 2.75) is 19.8 Å². The van der Waals surface area contributed by atoms with E-state index >= 15 is 0 Å². The highest BCUT2D eigenvalue weighted by Gasteiger charge is 2.11. The third kappa shape index (κ3) is 2.98. The number of aryl methyl sites for hydroxylation is 1. The Morgan fingerprint density at radius 3 is 2.50 bits per heavy atom. The maximum absolute atomic E-state index is 3.67. The molecule has 1 saturated heterocycles. The Labute approximate surface area is 106 Å². The van der Waals surface area contributed by atoms with Crippen LogP contribution in [0.2, 0.25) is 0 Å². The number of nitrogens with one attached hydrogen (secondary N) is 1. The molecule has 1 aromatic rings. The smallest absolute Gasteiger partial charge is 0.0510 e. The van der Waals surface area contributed by atoms with Crippen molar-refractivity contribution >= 4 is 21.6 Å². The monoisotopic (exact) mass is 282 g/mol. The lowest BCUT2D eigenvalue weighted by atomic mass is 10.2. The number of hydrogen-bond donors (Lipinski definition) is 1. The third-order valence-corrected chi connectivity index (χ3v) is 3.64. The average Bonchev–Trinajstić information content (AvgIpc) is 2.19. The van der Waals surface area contributed by atoms with Gasteiger partial charge in [0.1, 0.15) is 0 Å². The maximum atomic E-state index is 3.67. The Balaban J connectivity index is 2.14. The zero-order valence-corrected chi connectivity index (χ0v) is 11.4. The first-order valence-corrected chi connectivity index (χ1v) is 6.78. The van der Waals surface area contributed by atoms with Gasteiger partial charge >= 0.3 is 0 Å². The molecule has 88 valence electrons. The van der Waals surface area contributed by atoms with Crippen molar-refractivity contribution in [3.63, 3.8) is 0 Å². The lowest BCUT2D eigenvalue weighted by Gasteiger charge is -2.28. The molecule has 16 heavy (non-hydrogen) atoms. The maximum Gasteiger partial charge on any atom is 0.0510 e. The Kier molecular flexibility index (Phi) is 4.24. The number of anilines is 1. The highest BCUT2D eigenvalue weighted by molar-refractivity contribution is 9.10. The second-order valence-corrected chi connectivity index (χ2v) is 5.25. The van der Waals surface area contributed by atoms with E-state index in [9.17, 15) is 0 Å². The zero-order chi connectivity index (χ0) is 11.4. The van der Waals surface area contributed by atoms with E-state index in [1.807, 2.05) is 0 Å². The summed E-state index contributed by atoms with van der Waals surface area (Å²) in [6.45, 7) is 6.70. The Bertz CT molecular complexity index is 344. The van der Waals surface area contributed by atoms with E-state index in [1.54, 1.807) is 0 Å². The van der Waals surface area contributed by atoms with Crippen LogP contribution >= 0.6 is 15.9 Å². The molecule has 0 aromatic heterocycles. The number of rotatable bonds is 1. The predicted molar refractivity (Wildman–Crippen MR) is 73.2 cm³/mol. The SMILES string of the molecule is Cc1ccc(N2CCCNCCC2)c(Br)c1. The molecule has 3 heteroatoms. The van der Waals surface area contributed by atoms with Gasteiger partial charge in [-0.25, -0.2) is 0 Å². The normalized spacial score (nSPS) is 18.0. The summed E-state index contributed by atoms with van der Waals surface area (Å²) in [7, 11) is 0. The van der Waals surface area contributed by atoms with Crippen molar-refractivity contribution in [3.05, 3.63) is 28.2 Å². The van der Waals surface area contributed by atoms with Crippen LogP contribution in [0.5, 0.6) is 0 Å². The van der Waals surface area contributed by atoms with Crippen LogP contribution in [0, 0.1) is 6.92 Å². The van der Waals surface area contributed by atoms with Crippen molar-refractivity contribution in [1.82, 2.24) is 5.32 Å². The standard InChI is InChI=1S/C13H19BrN2/c1-11-4-5-13(12(14)10-11)16-8-2-6-15-7-3-9-16/h4-5,10,15H,2-3,6-9H2,1H3. The highest BCUT2D eigenvalue weighted by Crippen LogP contribution is 2.27. The van der Waals surface area contributed by atoms with E-state index in [0.29, 0.717) is 0 Å². The largest absolute Gasteiger partial charge is 0.371 e. The van der Waals surface area contributed by atoms with E-state index in [2.05, 4.69) is 51.3 Å². The Morgan fingerprint density at radius 1 is 1.19 bits per heavy atom. The molecule has 1 heterocycles. The Morgan fingerprint density at radius 2 is 1.88 bits per heavy atom. The molecule has 2 rings (SSSR count). The van der Waals surface area contributed by atoms with Crippen molar-refractivity contribution < 1.29 is 0 Å².